The van der Waals surface area contributed by atoms with Crippen molar-refractivity contribution < 1.29 is 4.79 Å². The Kier molecular flexibility index (Phi) is 7.95. The van der Waals surface area contributed by atoms with Crippen LogP contribution in [0.3, 0.4) is 0 Å². The maximum atomic E-state index is 12.2. The van der Waals surface area contributed by atoms with Crippen LogP contribution in [-0.4, -0.2) is 12.5 Å². The largest absolute Gasteiger partial charge is 0.356 e. The molecule has 1 N–H and O–H groups in total. The van der Waals surface area contributed by atoms with Crippen LogP contribution in [0.2, 0.25) is 0 Å². The molecule has 106 valence electrons. The number of carbonyl (C=O) groups excluding carboxylic acids is 1. The van der Waals surface area contributed by atoms with E-state index in [9.17, 15) is 4.79 Å². The number of hydrogen-bond donors (Lipinski definition) is 1. The number of carbonyl (C=O) groups is 1. The van der Waals surface area contributed by atoms with E-state index in [0.717, 1.165) is 24.9 Å². The molecule has 0 aromatic heterocycles. The highest BCUT2D eigenvalue weighted by Crippen LogP contribution is 2.19. The van der Waals surface area contributed by atoms with Gasteiger partial charge in [-0.15, -0.1) is 0 Å². The predicted molar refractivity (Wildman–Crippen MR) is 81.2 cm³/mol. The second kappa shape index (κ2) is 9.60. The smallest absolute Gasteiger partial charge is 0.227 e. The first-order chi connectivity index (χ1) is 9.29. The van der Waals surface area contributed by atoms with E-state index < -0.39 is 0 Å². The first kappa shape index (κ1) is 15.7. The van der Waals surface area contributed by atoms with Crippen LogP contribution in [-0.2, 0) is 4.79 Å². The van der Waals surface area contributed by atoms with Crippen molar-refractivity contribution >= 4 is 5.91 Å². The molecule has 1 amide bonds. The van der Waals surface area contributed by atoms with E-state index in [-0.39, 0.29) is 11.8 Å². The third-order valence-corrected chi connectivity index (χ3v) is 3.51. The van der Waals surface area contributed by atoms with E-state index in [0.29, 0.717) is 0 Å². The lowest BCUT2D eigenvalue weighted by Gasteiger charge is -2.15. The summed E-state index contributed by atoms with van der Waals surface area (Å²) in [7, 11) is 0. The lowest BCUT2D eigenvalue weighted by Crippen LogP contribution is -2.29. The van der Waals surface area contributed by atoms with Crippen molar-refractivity contribution in [3.8, 4) is 0 Å². The minimum Gasteiger partial charge on any atom is -0.356 e. The molecule has 0 fully saturated rings. The Balaban J connectivity index is 2.31. The predicted octanol–water partition coefficient (Wildman–Crippen LogP) is 4.27. The van der Waals surface area contributed by atoms with Gasteiger partial charge in [-0.1, -0.05) is 69.9 Å². The monoisotopic (exact) mass is 261 g/mol. The number of nitrogens with one attached hydrogen (secondary N) is 1. The van der Waals surface area contributed by atoms with Crippen LogP contribution in [0.15, 0.2) is 30.3 Å². The fourth-order valence-electron chi connectivity index (χ4n) is 2.32. The molecule has 1 rings (SSSR count). The maximum absolute atomic E-state index is 12.2. The molecular weight excluding hydrogens is 234 g/mol. The van der Waals surface area contributed by atoms with Gasteiger partial charge in [-0.25, -0.2) is 0 Å². The Morgan fingerprint density at radius 2 is 1.74 bits per heavy atom. The van der Waals surface area contributed by atoms with E-state index >= 15 is 0 Å². The Hall–Kier alpha value is -1.31. The number of unbranched alkanes of at least 4 members (excludes halogenated alkanes) is 4. The highest BCUT2D eigenvalue weighted by atomic mass is 16.1. The van der Waals surface area contributed by atoms with Crippen LogP contribution in [0.1, 0.15) is 63.9 Å². The summed E-state index contributed by atoms with van der Waals surface area (Å²) >= 11 is 0. The molecule has 1 aromatic carbocycles. The number of benzene rings is 1. The van der Waals surface area contributed by atoms with Gasteiger partial charge in [0.1, 0.15) is 0 Å². The van der Waals surface area contributed by atoms with Crippen molar-refractivity contribution in [2.45, 2.75) is 58.3 Å². The first-order valence-corrected chi connectivity index (χ1v) is 7.62. The van der Waals surface area contributed by atoms with Crippen molar-refractivity contribution in [1.82, 2.24) is 5.32 Å². The Morgan fingerprint density at radius 1 is 1.05 bits per heavy atom. The van der Waals surface area contributed by atoms with Gasteiger partial charge in [0.25, 0.3) is 0 Å². The SMILES string of the molecule is CCCCCCCNC(=O)C(CC)c1ccccc1. The summed E-state index contributed by atoms with van der Waals surface area (Å²) in [5.41, 5.74) is 1.12. The molecule has 0 bridgehead atoms. The zero-order valence-corrected chi connectivity index (χ0v) is 12.3. The molecule has 2 heteroatoms. The quantitative estimate of drug-likeness (QED) is 0.661. The molecule has 2 nitrogen and oxygen atoms in total. The normalized spacial score (nSPS) is 12.1. The highest BCUT2D eigenvalue weighted by molar-refractivity contribution is 5.83. The molecule has 1 atom stereocenters. The number of rotatable bonds is 9. The summed E-state index contributed by atoms with van der Waals surface area (Å²) in [5.74, 6) is 0.168. The van der Waals surface area contributed by atoms with E-state index in [4.69, 9.17) is 0 Å². The fraction of sp³-hybridized carbons (Fsp3) is 0.588. The van der Waals surface area contributed by atoms with Crippen LogP contribution < -0.4 is 5.32 Å². The lowest BCUT2D eigenvalue weighted by atomic mass is 9.95. The van der Waals surface area contributed by atoms with Crippen molar-refractivity contribution in [3.05, 3.63) is 35.9 Å². The highest BCUT2D eigenvalue weighted by Gasteiger charge is 2.17. The summed E-state index contributed by atoms with van der Waals surface area (Å²) in [4.78, 5) is 12.2. The standard InChI is InChI=1S/C17H27NO/c1-3-5-6-7-11-14-18-17(19)16(4-2)15-12-9-8-10-13-15/h8-10,12-13,16H,3-7,11,14H2,1-2H3,(H,18,19). The summed E-state index contributed by atoms with van der Waals surface area (Å²) in [5, 5.41) is 3.07. The van der Waals surface area contributed by atoms with Gasteiger partial charge < -0.3 is 5.32 Å². The van der Waals surface area contributed by atoms with Gasteiger partial charge in [-0.05, 0) is 18.4 Å². The van der Waals surface area contributed by atoms with Crippen molar-refractivity contribution in [1.29, 1.82) is 0 Å². The molecule has 0 aliphatic heterocycles. The van der Waals surface area contributed by atoms with Gasteiger partial charge >= 0.3 is 0 Å². The van der Waals surface area contributed by atoms with Crippen molar-refractivity contribution in [2.24, 2.45) is 0 Å². The molecule has 1 aromatic rings. The number of amides is 1. The second-order valence-electron chi connectivity index (χ2n) is 5.08. The van der Waals surface area contributed by atoms with Gasteiger partial charge in [0.2, 0.25) is 5.91 Å². The maximum Gasteiger partial charge on any atom is 0.227 e. The second-order valence-corrected chi connectivity index (χ2v) is 5.08. The average Bonchev–Trinajstić information content (AvgIpc) is 2.45. The Bertz CT molecular complexity index is 348. The molecule has 0 saturated carbocycles. The zero-order chi connectivity index (χ0) is 13.9. The van der Waals surface area contributed by atoms with Crippen LogP contribution in [0, 0.1) is 0 Å². The molecule has 1 unspecified atom stereocenters. The molecular formula is C17H27NO. The van der Waals surface area contributed by atoms with Crippen LogP contribution in [0.25, 0.3) is 0 Å². The Morgan fingerprint density at radius 3 is 2.37 bits per heavy atom. The number of hydrogen-bond acceptors (Lipinski definition) is 1. The van der Waals surface area contributed by atoms with Crippen molar-refractivity contribution in [2.75, 3.05) is 6.54 Å². The topological polar surface area (TPSA) is 29.1 Å². The first-order valence-electron chi connectivity index (χ1n) is 7.62. The van der Waals surface area contributed by atoms with E-state index in [2.05, 4.69) is 19.2 Å². The van der Waals surface area contributed by atoms with E-state index in [1.165, 1.54) is 25.7 Å². The van der Waals surface area contributed by atoms with Gasteiger partial charge in [0.05, 0.1) is 5.92 Å². The van der Waals surface area contributed by atoms with E-state index in [1.54, 1.807) is 0 Å². The summed E-state index contributed by atoms with van der Waals surface area (Å²) in [6, 6.07) is 10.1. The molecule has 0 aliphatic carbocycles. The van der Waals surface area contributed by atoms with Gasteiger partial charge in [-0.3, -0.25) is 4.79 Å². The Labute approximate surface area is 117 Å². The summed E-state index contributed by atoms with van der Waals surface area (Å²) < 4.78 is 0. The van der Waals surface area contributed by atoms with Crippen LogP contribution in [0.4, 0.5) is 0 Å². The third-order valence-electron chi connectivity index (χ3n) is 3.51. The van der Waals surface area contributed by atoms with Gasteiger partial charge in [0, 0.05) is 6.54 Å². The van der Waals surface area contributed by atoms with Crippen LogP contribution in [0.5, 0.6) is 0 Å². The lowest BCUT2D eigenvalue weighted by molar-refractivity contribution is -0.122. The molecule has 19 heavy (non-hydrogen) atoms. The minimum absolute atomic E-state index is 0.00292. The van der Waals surface area contributed by atoms with Crippen LogP contribution >= 0.6 is 0 Å². The van der Waals surface area contributed by atoms with Crippen molar-refractivity contribution in [3.63, 3.8) is 0 Å². The zero-order valence-electron chi connectivity index (χ0n) is 12.3. The van der Waals surface area contributed by atoms with Gasteiger partial charge in [0.15, 0.2) is 0 Å². The summed E-state index contributed by atoms with van der Waals surface area (Å²) in [6.07, 6.45) is 7.01. The molecule has 0 heterocycles. The molecule has 0 spiro atoms. The fourth-order valence-corrected chi connectivity index (χ4v) is 2.32. The van der Waals surface area contributed by atoms with Gasteiger partial charge in [-0.2, -0.15) is 0 Å². The molecule has 0 saturated heterocycles. The van der Waals surface area contributed by atoms with E-state index in [1.807, 2.05) is 30.3 Å². The minimum atomic E-state index is -0.00292. The average molecular weight is 261 g/mol. The third kappa shape index (κ3) is 5.91. The summed E-state index contributed by atoms with van der Waals surface area (Å²) in [6.45, 7) is 5.10. The molecule has 0 radical (unpaired) electrons. The molecule has 0 aliphatic rings.